The second-order valence-corrected chi connectivity index (χ2v) is 5.57. The van der Waals surface area contributed by atoms with Crippen molar-refractivity contribution < 1.29 is 4.79 Å². The van der Waals surface area contributed by atoms with Gasteiger partial charge in [0.1, 0.15) is 5.15 Å². The molecule has 1 aromatic heterocycles. The first-order valence-electron chi connectivity index (χ1n) is 6.44. The minimum Gasteiger partial charge on any atom is -0.336 e. The molecule has 1 fully saturated rings. The van der Waals surface area contributed by atoms with Crippen LogP contribution in [0.5, 0.6) is 0 Å². The van der Waals surface area contributed by atoms with Crippen LogP contribution in [0.1, 0.15) is 42.7 Å². The fourth-order valence-corrected chi connectivity index (χ4v) is 2.79. The van der Waals surface area contributed by atoms with Gasteiger partial charge in [-0.25, -0.2) is 4.98 Å². The molecule has 1 aliphatic heterocycles. The van der Waals surface area contributed by atoms with Gasteiger partial charge in [-0.05, 0) is 44.7 Å². The molecule has 1 saturated heterocycles. The summed E-state index contributed by atoms with van der Waals surface area (Å²) in [6.07, 6.45) is 2.27. The lowest BCUT2D eigenvalue weighted by Gasteiger charge is -2.38. The van der Waals surface area contributed by atoms with Crippen molar-refractivity contribution in [2.24, 2.45) is 5.92 Å². The Morgan fingerprint density at radius 1 is 1.44 bits per heavy atom. The van der Waals surface area contributed by atoms with Crippen molar-refractivity contribution in [2.45, 2.75) is 39.7 Å². The van der Waals surface area contributed by atoms with Crippen LogP contribution in [0.3, 0.4) is 0 Å². The van der Waals surface area contributed by atoms with Crippen molar-refractivity contribution in [1.82, 2.24) is 9.88 Å². The zero-order valence-corrected chi connectivity index (χ0v) is 11.9. The van der Waals surface area contributed by atoms with E-state index in [1.807, 2.05) is 11.8 Å². The summed E-state index contributed by atoms with van der Waals surface area (Å²) in [5.74, 6) is 0.627. The summed E-state index contributed by atoms with van der Waals surface area (Å²) in [5, 5.41) is 0.385. The maximum absolute atomic E-state index is 12.5. The third-order valence-electron chi connectivity index (χ3n) is 3.80. The number of carbonyl (C=O) groups is 1. The zero-order valence-electron chi connectivity index (χ0n) is 11.1. The quantitative estimate of drug-likeness (QED) is 0.731. The number of halogens is 1. The molecule has 0 saturated carbocycles. The van der Waals surface area contributed by atoms with Crippen LogP contribution in [0.4, 0.5) is 0 Å². The SMILES string of the molecule is Cc1cc(C(=O)N2CCCC(C)C2C)cc(Cl)n1. The smallest absolute Gasteiger partial charge is 0.254 e. The zero-order chi connectivity index (χ0) is 13.3. The van der Waals surface area contributed by atoms with Gasteiger partial charge in [0.2, 0.25) is 0 Å². The largest absolute Gasteiger partial charge is 0.336 e. The van der Waals surface area contributed by atoms with E-state index in [9.17, 15) is 4.79 Å². The highest BCUT2D eigenvalue weighted by atomic mass is 35.5. The maximum atomic E-state index is 12.5. The van der Waals surface area contributed by atoms with E-state index in [-0.39, 0.29) is 5.91 Å². The third kappa shape index (κ3) is 2.66. The monoisotopic (exact) mass is 266 g/mol. The molecule has 1 aliphatic rings. The average molecular weight is 267 g/mol. The number of piperidine rings is 1. The molecule has 0 aliphatic carbocycles. The van der Waals surface area contributed by atoms with Crippen molar-refractivity contribution in [3.63, 3.8) is 0 Å². The second-order valence-electron chi connectivity index (χ2n) is 5.18. The molecule has 18 heavy (non-hydrogen) atoms. The molecular formula is C14H19ClN2O. The number of hydrogen-bond acceptors (Lipinski definition) is 2. The highest BCUT2D eigenvalue weighted by Crippen LogP contribution is 2.25. The van der Waals surface area contributed by atoms with Crippen LogP contribution < -0.4 is 0 Å². The predicted molar refractivity (Wildman–Crippen MR) is 72.9 cm³/mol. The lowest BCUT2D eigenvalue weighted by atomic mass is 9.91. The Morgan fingerprint density at radius 2 is 2.17 bits per heavy atom. The number of amides is 1. The third-order valence-corrected chi connectivity index (χ3v) is 4.00. The normalized spacial score (nSPS) is 24.1. The van der Waals surface area contributed by atoms with Crippen LogP contribution in [-0.2, 0) is 0 Å². The Kier molecular flexibility index (Phi) is 3.91. The molecule has 98 valence electrons. The van der Waals surface area contributed by atoms with Crippen LogP contribution in [0.15, 0.2) is 12.1 Å². The van der Waals surface area contributed by atoms with Crippen molar-refractivity contribution in [3.05, 3.63) is 28.5 Å². The molecular weight excluding hydrogens is 248 g/mol. The Bertz CT molecular complexity index is 441. The Hall–Kier alpha value is -1.09. The van der Waals surface area contributed by atoms with Crippen molar-refractivity contribution >= 4 is 17.5 Å². The molecule has 0 radical (unpaired) electrons. The van der Waals surface area contributed by atoms with Gasteiger partial charge in [0.05, 0.1) is 0 Å². The lowest BCUT2D eigenvalue weighted by Crippen LogP contribution is -2.46. The average Bonchev–Trinajstić information content (AvgIpc) is 2.30. The maximum Gasteiger partial charge on any atom is 0.254 e. The molecule has 1 amide bonds. The molecule has 2 rings (SSSR count). The Morgan fingerprint density at radius 3 is 2.83 bits per heavy atom. The van der Waals surface area contributed by atoms with Crippen LogP contribution in [0.2, 0.25) is 5.15 Å². The summed E-state index contributed by atoms with van der Waals surface area (Å²) in [6.45, 7) is 7.01. The van der Waals surface area contributed by atoms with E-state index in [1.165, 1.54) is 6.42 Å². The molecule has 2 heterocycles. The van der Waals surface area contributed by atoms with Crippen LogP contribution in [0, 0.1) is 12.8 Å². The molecule has 2 unspecified atom stereocenters. The number of hydrogen-bond donors (Lipinski definition) is 0. The minimum atomic E-state index is 0.0708. The number of carbonyl (C=O) groups excluding carboxylic acids is 1. The second kappa shape index (κ2) is 5.27. The van der Waals surface area contributed by atoms with E-state index in [2.05, 4.69) is 18.8 Å². The van der Waals surface area contributed by atoms with E-state index in [1.54, 1.807) is 12.1 Å². The number of nitrogens with zero attached hydrogens (tertiary/aromatic N) is 2. The number of likely N-dealkylation sites (tertiary alicyclic amines) is 1. The number of pyridine rings is 1. The molecule has 3 nitrogen and oxygen atoms in total. The fourth-order valence-electron chi connectivity index (χ4n) is 2.54. The summed E-state index contributed by atoms with van der Waals surface area (Å²) in [4.78, 5) is 18.5. The van der Waals surface area contributed by atoms with E-state index in [0.29, 0.717) is 22.7 Å². The van der Waals surface area contributed by atoms with Crippen molar-refractivity contribution in [3.8, 4) is 0 Å². The van der Waals surface area contributed by atoms with Crippen LogP contribution in [0.25, 0.3) is 0 Å². The summed E-state index contributed by atoms with van der Waals surface area (Å²) in [7, 11) is 0. The van der Waals surface area contributed by atoms with E-state index < -0.39 is 0 Å². The summed E-state index contributed by atoms with van der Waals surface area (Å²) in [6, 6.07) is 3.75. The summed E-state index contributed by atoms with van der Waals surface area (Å²) >= 11 is 5.92. The van der Waals surface area contributed by atoms with Gasteiger partial charge in [0.25, 0.3) is 5.91 Å². The lowest BCUT2D eigenvalue weighted by molar-refractivity contribution is 0.0551. The van der Waals surface area contributed by atoms with E-state index in [0.717, 1.165) is 18.7 Å². The van der Waals surface area contributed by atoms with Gasteiger partial charge >= 0.3 is 0 Å². The molecule has 4 heteroatoms. The Labute approximate surface area is 113 Å². The van der Waals surface area contributed by atoms with E-state index in [4.69, 9.17) is 11.6 Å². The molecule has 0 aromatic carbocycles. The minimum absolute atomic E-state index is 0.0708. The van der Waals surface area contributed by atoms with Gasteiger partial charge < -0.3 is 4.90 Å². The summed E-state index contributed by atoms with van der Waals surface area (Å²) in [5.41, 5.74) is 1.43. The van der Waals surface area contributed by atoms with Gasteiger partial charge in [-0.15, -0.1) is 0 Å². The molecule has 1 aromatic rings. The molecule has 2 atom stereocenters. The van der Waals surface area contributed by atoms with Gasteiger partial charge in [0.15, 0.2) is 0 Å². The van der Waals surface area contributed by atoms with Gasteiger partial charge in [0, 0.05) is 23.8 Å². The first-order chi connectivity index (χ1) is 8.49. The van der Waals surface area contributed by atoms with Gasteiger partial charge in [-0.2, -0.15) is 0 Å². The standard InChI is InChI=1S/C14H19ClN2O/c1-9-5-4-6-17(11(9)3)14(18)12-7-10(2)16-13(15)8-12/h7-9,11H,4-6H2,1-3H3. The number of aryl methyl sites for hydroxylation is 1. The molecule has 0 spiro atoms. The number of rotatable bonds is 1. The predicted octanol–water partition coefficient (Wildman–Crippen LogP) is 3.30. The first kappa shape index (κ1) is 13.3. The summed E-state index contributed by atoms with van der Waals surface area (Å²) < 4.78 is 0. The number of aromatic nitrogens is 1. The van der Waals surface area contributed by atoms with Crippen molar-refractivity contribution in [1.29, 1.82) is 0 Å². The Balaban J connectivity index is 2.24. The van der Waals surface area contributed by atoms with E-state index >= 15 is 0 Å². The molecule has 0 bridgehead atoms. The molecule has 0 N–H and O–H groups in total. The first-order valence-corrected chi connectivity index (χ1v) is 6.82. The van der Waals surface area contributed by atoms with Gasteiger partial charge in [-0.1, -0.05) is 18.5 Å². The topological polar surface area (TPSA) is 33.2 Å². The van der Waals surface area contributed by atoms with Crippen LogP contribution in [-0.4, -0.2) is 28.4 Å². The van der Waals surface area contributed by atoms with Crippen molar-refractivity contribution in [2.75, 3.05) is 6.54 Å². The van der Waals surface area contributed by atoms with Crippen LogP contribution >= 0.6 is 11.6 Å². The fraction of sp³-hybridized carbons (Fsp3) is 0.571. The van der Waals surface area contributed by atoms with Gasteiger partial charge in [-0.3, -0.25) is 4.79 Å². The highest BCUT2D eigenvalue weighted by molar-refractivity contribution is 6.29. The highest BCUT2D eigenvalue weighted by Gasteiger charge is 2.29.